The van der Waals surface area contributed by atoms with E-state index in [0.29, 0.717) is 11.4 Å². The Kier molecular flexibility index (Phi) is 4.24. The Hall–Kier alpha value is -1.37. The van der Waals surface area contributed by atoms with Gasteiger partial charge < -0.3 is 0 Å². The van der Waals surface area contributed by atoms with E-state index in [0.717, 1.165) is 5.56 Å². The van der Waals surface area contributed by atoms with Crippen LogP contribution < -0.4 is 4.72 Å². The van der Waals surface area contributed by atoms with Crippen molar-refractivity contribution in [2.75, 3.05) is 0 Å². The summed E-state index contributed by atoms with van der Waals surface area (Å²) < 4.78 is 26.9. The van der Waals surface area contributed by atoms with E-state index >= 15 is 0 Å². The number of hydrogen-bond acceptors (Lipinski definition) is 3. The van der Waals surface area contributed by atoms with E-state index in [-0.39, 0.29) is 10.9 Å². The molecule has 1 aromatic heterocycles. The van der Waals surface area contributed by atoms with Crippen molar-refractivity contribution in [3.8, 4) is 0 Å². The van der Waals surface area contributed by atoms with Crippen LogP contribution in [0.15, 0.2) is 41.6 Å². The maximum Gasteiger partial charge on any atom is 0.244 e. The summed E-state index contributed by atoms with van der Waals surface area (Å²) in [5.74, 6) is 0. The lowest BCUT2D eigenvalue weighted by molar-refractivity contribution is 0.550. The monoisotopic (exact) mass is 299 g/mol. The van der Waals surface area contributed by atoms with Crippen molar-refractivity contribution < 1.29 is 8.42 Å². The van der Waals surface area contributed by atoms with Crippen molar-refractivity contribution in [3.63, 3.8) is 0 Å². The second kappa shape index (κ2) is 5.73. The van der Waals surface area contributed by atoms with Crippen molar-refractivity contribution in [2.45, 2.75) is 24.3 Å². The third-order valence-corrected chi connectivity index (χ3v) is 4.41. The van der Waals surface area contributed by atoms with Crippen molar-refractivity contribution in [1.29, 1.82) is 0 Å². The number of benzene rings is 1. The first-order chi connectivity index (χ1) is 9.03. The molecule has 5 nitrogen and oxygen atoms in total. The lowest BCUT2D eigenvalue weighted by atomic mass is 10.1. The number of nitrogens with zero attached hydrogens (tertiary/aromatic N) is 1. The number of hydrogen-bond donors (Lipinski definition) is 2. The highest BCUT2D eigenvalue weighted by atomic mass is 35.5. The highest BCUT2D eigenvalue weighted by Crippen LogP contribution is 2.22. The van der Waals surface area contributed by atoms with Crippen LogP contribution in [0.25, 0.3) is 0 Å². The highest BCUT2D eigenvalue weighted by molar-refractivity contribution is 7.89. The summed E-state index contributed by atoms with van der Waals surface area (Å²) >= 11 is 5.92. The molecule has 0 spiro atoms. The Morgan fingerprint density at radius 3 is 2.84 bits per heavy atom. The smallest absolute Gasteiger partial charge is 0.244 e. The molecule has 0 bridgehead atoms. The third kappa shape index (κ3) is 3.34. The molecule has 0 fully saturated rings. The van der Waals surface area contributed by atoms with Gasteiger partial charge in [0.15, 0.2) is 0 Å². The molecule has 2 aromatic rings. The zero-order valence-corrected chi connectivity index (χ0v) is 11.9. The van der Waals surface area contributed by atoms with Crippen molar-refractivity contribution in [2.24, 2.45) is 0 Å². The lowest BCUT2D eigenvalue weighted by Crippen LogP contribution is -2.28. The molecule has 0 aliphatic heterocycles. The molecule has 1 aromatic carbocycles. The van der Waals surface area contributed by atoms with Gasteiger partial charge in [-0.2, -0.15) is 5.10 Å². The van der Waals surface area contributed by atoms with Crippen molar-refractivity contribution in [3.05, 3.63) is 47.2 Å². The standard InChI is InChI=1S/C12H14ClN3O2S/c1-2-12(9-4-3-5-10(13)6-9)16-19(17,18)11-7-14-15-8-11/h3-8,12,16H,2H2,1H3,(H,14,15). The molecule has 0 aliphatic rings. The summed E-state index contributed by atoms with van der Waals surface area (Å²) in [6.45, 7) is 1.91. The average Bonchev–Trinajstić information content (AvgIpc) is 2.90. The van der Waals surface area contributed by atoms with Gasteiger partial charge >= 0.3 is 0 Å². The number of rotatable bonds is 5. The quantitative estimate of drug-likeness (QED) is 0.890. The van der Waals surface area contributed by atoms with Gasteiger partial charge in [-0.1, -0.05) is 30.7 Å². The lowest BCUT2D eigenvalue weighted by Gasteiger charge is -2.17. The van der Waals surface area contributed by atoms with Gasteiger partial charge in [0.25, 0.3) is 0 Å². The van der Waals surface area contributed by atoms with Crippen LogP contribution in [0.4, 0.5) is 0 Å². The maximum atomic E-state index is 12.1. The second-order valence-corrected chi connectivity index (χ2v) is 6.22. The Balaban J connectivity index is 2.25. The molecule has 2 N–H and O–H groups in total. The summed E-state index contributed by atoms with van der Waals surface area (Å²) in [6.07, 6.45) is 3.23. The summed E-state index contributed by atoms with van der Waals surface area (Å²) in [5, 5.41) is 6.71. The molecule has 0 aliphatic carbocycles. The van der Waals surface area contributed by atoms with Crippen LogP contribution in [0, 0.1) is 0 Å². The summed E-state index contributed by atoms with van der Waals surface area (Å²) in [7, 11) is -3.58. The average molecular weight is 300 g/mol. The fourth-order valence-corrected chi connectivity index (χ4v) is 3.16. The van der Waals surface area contributed by atoms with Gasteiger partial charge in [-0.15, -0.1) is 0 Å². The molecule has 19 heavy (non-hydrogen) atoms. The number of halogens is 1. The Labute approximate surface area is 117 Å². The van der Waals surface area contributed by atoms with Gasteiger partial charge in [-0.3, -0.25) is 5.10 Å². The van der Waals surface area contributed by atoms with Crippen LogP contribution in [0.3, 0.4) is 0 Å². The van der Waals surface area contributed by atoms with E-state index in [1.165, 1.54) is 12.4 Å². The van der Waals surface area contributed by atoms with Crippen LogP contribution in [-0.4, -0.2) is 18.6 Å². The molecule has 1 atom stereocenters. The fourth-order valence-electron chi connectivity index (χ4n) is 1.75. The molecule has 1 heterocycles. The molecule has 7 heteroatoms. The SMILES string of the molecule is CCC(NS(=O)(=O)c1cn[nH]c1)c1cccc(Cl)c1. The van der Waals surface area contributed by atoms with E-state index in [2.05, 4.69) is 14.9 Å². The van der Waals surface area contributed by atoms with Gasteiger partial charge in [0.1, 0.15) is 4.90 Å². The van der Waals surface area contributed by atoms with Crippen molar-refractivity contribution in [1.82, 2.24) is 14.9 Å². The molecular weight excluding hydrogens is 286 g/mol. The highest BCUT2D eigenvalue weighted by Gasteiger charge is 2.21. The normalized spacial score (nSPS) is 13.4. The zero-order valence-electron chi connectivity index (χ0n) is 10.3. The predicted molar refractivity (Wildman–Crippen MR) is 73.4 cm³/mol. The minimum absolute atomic E-state index is 0.118. The molecule has 2 rings (SSSR count). The number of aromatic nitrogens is 2. The van der Waals surface area contributed by atoms with E-state index in [4.69, 9.17) is 11.6 Å². The van der Waals surface area contributed by atoms with Crippen LogP contribution >= 0.6 is 11.6 Å². The first-order valence-electron chi connectivity index (χ1n) is 5.79. The van der Waals surface area contributed by atoms with Gasteiger partial charge in [-0.05, 0) is 24.1 Å². The van der Waals surface area contributed by atoms with Crippen molar-refractivity contribution >= 4 is 21.6 Å². The molecular formula is C12H14ClN3O2S. The zero-order chi connectivity index (χ0) is 13.9. The topological polar surface area (TPSA) is 74.8 Å². The van der Waals surface area contributed by atoms with Gasteiger partial charge in [0.05, 0.1) is 6.20 Å². The van der Waals surface area contributed by atoms with Crippen LogP contribution in [0.2, 0.25) is 5.02 Å². The Bertz CT molecular complexity index is 641. The molecule has 1 unspecified atom stereocenters. The Morgan fingerprint density at radius 2 is 2.26 bits per heavy atom. The second-order valence-electron chi connectivity index (χ2n) is 4.07. The summed E-state index contributed by atoms with van der Waals surface area (Å²) in [6, 6.07) is 6.83. The van der Waals surface area contributed by atoms with Gasteiger partial charge in [-0.25, -0.2) is 13.1 Å². The van der Waals surface area contributed by atoms with E-state index in [1.807, 2.05) is 13.0 Å². The summed E-state index contributed by atoms with van der Waals surface area (Å²) in [4.78, 5) is 0.118. The number of sulfonamides is 1. The van der Waals surface area contributed by atoms with E-state index in [1.54, 1.807) is 18.2 Å². The molecule has 0 radical (unpaired) electrons. The third-order valence-electron chi connectivity index (χ3n) is 2.74. The van der Waals surface area contributed by atoms with E-state index < -0.39 is 10.0 Å². The number of H-pyrrole nitrogens is 1. The molecule has 0 saturated carbocycles. The molecule has 0 saturated heterocycles. The fraction of sp³-hybridized carbons (Fsp3) is 0.250. The number of nitrogens with one attached hydrogen (secondary N) is 2. The van der Waals surface area contributed by atoms with Crippen LogP contribution in [0.5, 0.6) is 0 Å². The maximum absolute atomic E-state index is 12.1. The number of aromatic amines is 1. The van der Waals surface area contributed by atoms with E-state index in [9.17, 15) is 8.42 Å². The summed E-state index contributed by atoms with van der Waals surface area (Å²) in [5.41, 5.74) is 0.835. The Morgan fingerprint density at radius 1 is 1.47 bits per heavy atom. The van der Waals surface area contributed by atoms with Crippen LogP contribution in [0.1, 0.15) is 24.9 Å². The molecule has 0 amide bonds. The minimum Gasteiger partial charge on any atom is -0.284 e. The first-order valence-corrected chi connectivity index (χ1v) is 7.65. The largest absolute Gasteiger partial charge is 0.284 e. The first kappa shape index (κ1) is 14.0. The van der Waals surface area contributed by atoms with Gasteiger partial charge in [0, 0.05) is 17.3 Å². The minimum atomic E-state index is -3.58. The van der Waals surface area contributed by atoms with Gasteiger partial charge in [0.2, 0.25) is 10.0 Å². The molecule has 102 valence electrons. The predicted octanol–water partition coefficient (Wildman–Crippen LogP) is 2.49. The van der Waals surface area contributed by atoms with Crippen LogP contribution in [-0.2, 0) is 10.0 Å².